The Labute approximate surface area is 240 Å². The van der Waals surface area contributed by atoms with Crippen molar-refractivity contribution in [3.63, 3.8) is 0 Å². The maximum atomic E-state index is 13.3. The van der Waals surface area contributed by atoms with Crippen molar-refractivity contribution >= 4 is 28.3 Å². The Morgan fingerprint density at radius 3 is 2.46 bits per heavy atom. The molecule has 5 aromatic carbocycles. The highest BCUT2D eigenvalue weighted by Gasteiger charge is 2.20. The molecule has 0 aromatic heterocycles. The topological polar surface area (TPSA) is 75.4 Å². The van der Waals surface area contributed by atoms with E-state index in [1.54, 1.807) is 6.07 Å². The van der Waals surface area contributed by atoms with Gasteiger partial charge < -0.3 is 16.0 Å². The Morgan fingerprint density at radius 2 is 1.63 bits per heavy atom. The molecule has 6 rings (SSSR count). The molecule has 0 aliphatic carbocycles. The lowest BCUT2D eigenvalue weighted by Crippen LogP contribution is -2.30. The predicted molar refractivity (Wildman–Crippen MR) is 166 cm³/mol. The number of amides is 2. The second-order valence-electron chi connectivity index (χ2n) is 10.7. The number of nitrogens with two attached hydrogens (primary N) is 1. The Hall–Kier alpha value is -4.90. The van der Waals surface area contributed by atoms with E-state index in [2.05, 4.69) is 58.7 Å². The second kappa shape index (κ2) is 11.3. The molecule has 5 aromatic rings. The lowest BCUT2D eigenvalue weighted by molar-refractivity contribution is 0.0939. The van der Waals surface area contributed by atoms with Crippen LogP contribution in [0.1, 0.15) is 56.8 Å². The molecule has 2 amide bonds. The van der Waals surface area contributed by atoms with Gasteiger partial charge in [0.25, 0.3) is 5.91 Å². The van der Waals surface area contributed by atoms with Crippen LogP contribution in [0.3, 0.4) is 0 Å². The summed E-state index contributed by atoms with van der Waals surface area (Å²) in [5.74, 6) is -0.483. The zero-order valence-corrected chi connectivity index (χ0v) is 23.1. The second-order valence-corrected chi connectivity index (χ2v) is 10.7. The molecule has 0 spiro atoms. The number of aryl methyl sites for hydroxylation is 1. The number of hydrogen-bond acceptors (Lipinski definition) is 3. The highest BCUT2D eigenvalue weighted by molar-refractivity contribution is 6.00. The number of carbonyl (C=O) groups excluding carboxylic acids is 2. The van der Waals surface area contributed by atoms with E-state index in [0.717, 1.165) is 48.0 Å². The van der Waals surface area contributed by atoms with Gasteiger partial charge in [0.15, 0.2) is 0 Å². The number of rotatable bonds is 7. The third-order valence-electron chi connectivity index (χ3n) is 8.02. The van der Waals surface area contributed by atoms with E-state index in [4.69, 9.17) is 5.73 Å². The van der Waals surface area contributed by atoms with Crippen molar-refractivity contribution in [3.8, 4) is 11.1 Å². The molecule has 1 atom stereocenters. The van der Waals surface area contributed by atoms with Gasteiger partial charge in [-0.05, 0) is 82.6 Å². The molecule has 1 aliphatic heterocycles. The number of anilines is 1. The number of hydrogen-bond donors (Lipinski definition) is 2. The van der Waals surface area contributed by atoms with Gasteiger partial charge in [0.05, 0.1) is 6.04 Å². The van der Waals surface area contributed by atoms with Gasteiger partial charge in [0.2, 0.25) is 5.91 Å². The fourth-order valence-corrected chi connectivity index (χ4v) is 5.93. The van der Waals surface area contributed by atoms with Crippen LogP contribution in [0.15, 0.2) is 109 Å². The molecule has 0 bridgehead atoms. The summed E-state index contributed by atoms with van der Waals surface area (Å²) < 4.78 is 0. The average molecular weight is 540 g/mol. The minimum Gasteiger partial charge on any atom is -0.367 e. The summed E-state index contributed by atoms with van der Waals surface area (Å²) in [6.07, 6.45) is 1.99. The molecule has 1 heterocycles. The van der Waals surface area contributed by atoms with E-state index in [0.29, 0.717) is 11.1 Å². The number of primary amides is 1. The molecule has 5 nitrogen and oxygen atoms in total. The molecular formula is C36H33N3O2. The quantitative estimate of drug-likeness (QED) is 0.233. The SMILES string of the molecule is CC(NC(=O)c1ccc2c(c1)CCCN2Cc1ccc(-c2ccccc2C(N)=O)cc1)c1cccc2ccccc12. The van der Waals surface area contributed by atoms with Crippen LogP contribution in [0.25, 0.3) is 21.9 Å². The molecule has 1 aliphatic rings. The third kappa shape index (κ3) is 5.44. The van der Waals surface area contributed by atoms with Crippen molar-refractivity contribution in [3.05, 3.63) is 137 Å². The predicted octanol–water partition coefficient (Wildman–Crippen LogP) is 7.05. The van der Waals surface area contributed by atoms with Crippen molar-refractivity contribution in [2.24, 2.45) is 5.73 Å². The number of fused-ring (bicyclic) bond motifs is 2. The summed E-state index contributed by atoms with van der Waals surface area (Å²) in [6.45, 7) is 3.77. The van der Waals surface area contributed by atoms with Crippen LogP contribution >= 0.6 is 0 Å². The molecule has 204 valence electrons. The van der Waals surface area contributed by atoms with Crippen molar-refractivity contribution < 1.29 is 9.59 Å². The number of nitrogens with one attached hydrogen (secondary N) is 1. The zero-order chi connectivity index (χ0) is 28.3. The number of nitrogens with zero attached hydrogens (tertiary/aromatic N) is 1. The van der Waals surface area contributed by atoms with Crippen LogP contribution in [0, 0.1) is 0 Å². The van der Waals surface area contributed by atoms with Gasteiger partial charge in [0, 0.05) is 29.9 Å². The summed E-state index contributed by atoms with van der Waals surface area (Å²) >= 11 is 0. The summed E-state index contributed by atoms with van der Waals surface area (Å²) in [7, 11) is 0. The summed E-state index contributed by atoms with van der Waals surface area (Å²) in [5.41, 5.74) is 13.3. The highest BCUT2D eigenvalue weighted by atomic mass is 16.2. The average Bonchev–Trinajstić information content (AvgIpc) is 3.01. The maximum absolute atomic E-state index is 13.3. The molecule has 0 saturated heterocycles. The smallest absolute Gasteiger partial charge is 0.251 e. The van der Waals surface area contributed by atoms with Crippen molar-refractivity contribution in [2.75, 3.05) is 11.4 Å². The standard InChI is InChI=1S/C36H33N3O2/c1-24(30-14-6-9-26-8-2-3-11-31(26)30)38-36(41)29-19-20-34-28(22-29)10-7-21-39(34)23-25-15-17-27(18-16-25)32-12-4-5-13-33(32)35(37)40/h2-6,8-9,11-20,22,24H,7,10,21,23H2,1H3,(H2,37,40)(H,38,41). The first-order chi connectivity index (χ1) is 20.0. The highest BCUT2D eigenvalue weighted by Crippen LogP contribution is 2.31. The first-order valence-corrected chi connectivity index (χ1v) is 14.1. The van der Waals surface area contributed by atoms with Crippen LogP contribution in [0.4, 0.5) is 5.69 Å². The van der Waals surface area contributed by atoms with Gasteiger partial charge in [0.1, 0.15) is 0 Å². The molecule has 0 radical (unpaired) electrons. The minimum atomic E-state index is -0.425. The largest absolute Gasteiger partial charge is 0.367 e. The van der Waals surface area contributed by atoms with E-state index in [-0.39, 0.29) is 11.9 Å². The summed E-state index contributed by atoms with van der Waals surface area (Å²) in [5, 5.41) is 5.54. The Bertz CT molecular complexity index is 1740. The summed E-state index contributed by atoms with van der Waals surface area (Å²) in [4.78, 5) is 27.5. The van der Waals surface area contributed by atoms with Crippen molar-refractivity contribution in [1.82, 2.24) is 5.32 Å². The van der Waals surface area contributed by atoms with Crippen LogP contribution in [0.2, 0.25) is 0 Å². The fourth-order valence-electron chi connectivity index (χ4n) is 5.93. The van der Waals surface area contributed by atoms with E-state index < -0.39 is 5.91 Å². The molecular weight excluding hydrogens is 506 g/mol. The summed E-state index contributed by atoms with van der Waals surface area (Å²) in [6, 6.07) is 36.2. The van der Waals surface area contributed by atoms with Crippen molar-refractivity contribution in [2.45, 2.75) is 32.4 Å². The lowest BCUT2D eigenvalue weighted by Gasteiger charge is -2.32. The maximum Gasteiger partial charge on any atom is 0.251 e. The van der Waals surface area contributed by atoms with Gasteiger partial charge in [-0.15, -0.1) is 0 Å². The Balaban J connectivity index is 1.17. The van der Waals surface area contributed by atoms with Crippen LogP contribution in [-0.2, 0) is 13.0 Å². The molecule has 0 fully saturated rings. The number of carbonyl (C=O) groups is 2. The monoisotopic (exact) mass is 539 g/mol. The first kappa shape index (κ1) is 26.3. The van der Waals surface area contributed by atoms with E-state index in [1.165, 1.54) is 22.2 Å². The molecule has 1 unspecified atom stereocenters. The molecule has 3 N–H and O–H groups in total. The third-order valence-corrected chi connectivity index (χ3v) is 8.02. The van der Waals surface area contributed by atoms with E-state index in [9.17, 15) is 9.59 Å². The van der Waals surface area contributed by atoms with E-state index in [1.807, 2.05) is 61.5 Å². The van der Waals surface area contributed by atoms with Crippen molar-refractivity contribution in [1.29, 1.82) is 0 Å². The van der Waals surface area contributed by atoms with Crippen LogP contribution in [0.5, 0.6) is 0 Å². The van der Waals surface area contributed by atoms with Gasteiger partial charge in [-0.1, -0.05) is 84.9 Å². The fraction of sp³-hybridized carbons (Fsp3) is 0.167. The number of benzene rings is 5. The minimum absolute atomic E-state index is 0.0582. The molecule has 5 heteroatoms. The normalized spacial score (nSPS) is 13.4. The zero-order valence-electron chi connectivity index (χ0n) is 23.1. The van der Waals surface area contributed by atoms with Crippen LogP contribution in [-0.4, -0.2) is 18.4 Å². The van der Waals surface area contributed by atoms with Gasteiger partial charge >= 0.3 is 0 Å². The van der Waals surface area contributed by atoms with Crippen LogP contribution < -0.4 is 16.0 Å². The van der Waals surface area contributed by atoms with Gasteiger partial charge in [-0.3, -0.25) is 9.59 Å². The Kier molecular flexibility index (Phi) is 7.26. The molecule has 0 saturated carbocycles. The Morgan fingerprint density at radius 1 is 0.878 bits per heavy atom. The van der Waals surface area contributed by atoms with Gasteiger partial charge in [-0.2, -0.15) is 0 Å². The first-order valence-electron chi connectivity index (χ1n) is 14.1. The molecule has 41 heavy (non-hydrogen) atoms. The van der Waals surface area contributed by atoms with E-state index >= 15 is 0 Å². The lowest BCUT2D eigenvalue weighted by atomic mass is 9.96. The van der Waals surface area contributed by atoms with Gasteiger partial charge in [-0.25, -0.2) is 0 Å².